The maximum absolute atomic E-state index is 13.5. The van der Waals surface area contributed by atoms with Crippen LogP contribution in [0.3, 0.4) is 0 Å². The summed E-state index contributed by atoms with van der Waals surface area (Å²) in [5.41, 5.74) is 12.3. The Balaban J connectivity index is 1.81. The van der Waals surface area contributed by atoms with Crippen LogP contribution in [0.25, 0.3) is 0 Å². The molecule has 10 heteroatoms. The van der Waals surface area contributed by atoms with Gasteiger partial charge in [-0.25, -0.2) is 8.42 Å². The third-order valence-electron chi connectivity index (χ3n) is 7.37. The minimum Gasteiger partial charge on any atom is -0.396 e. The molecule has 2 aromatic carbocycles. The third kappa shape index (κ3) is 7.78. The highest BCUT2D eigenvalue weighted by atomic mass is 32.2. The van der Waals surface area contributed by atoms with Crippen LogP contribution in [-0.4, -0.2) is 62.6 Å². The number of guanidine groups is 1. The van der Waals surface area contributed by atoms with Crippen LogP contribution in [0.5, 0.6) is 0 Å². The van der Waals surface area contributed by atoms with Gasteiger partial charge in [0, 0.05) is 31.7 Å². The molecule has 1 atom stereocenters. The standard InChI is InChI=1S/C28H41N5O4S/c1-28(2,22-8-4-3-5-9-22)23-10-6-11-24(20-23)38(36,37)32-25(12-7-16-31-27(29)30)26(35)33-17-13-21(14-18-33)15-19-34/h3-6,8-11,20-21,25,32,34H,7,12-19H2,1-2H3,(H4,29,30,31). The lowest BCUT2D eigenvalue weighted by Crippen LogP contribution is -2.50. The van der Waals surface area contributed by atoms with Crippen LogP contribution in [0.15, 0.2) is 64.5 Å². The number of nitrogens with two attached hydrogens (primary N) is 2. The molecule has 1 fully saturated rings. The smallest absolute Gasteiger partial charge is 0.241 e. The Kier molecular flexibility index (Phi) is 10.3. The molecule has 1 saturated heterocycles. The zero-order chi connectivity index (χ0) is 27.8. The van der Waals surface area contributed by atoms with E-state index in [1.165, 1.54) is 0 Å². The Hall–Kier alpha value is -2.95. The Morgan fingerprint density at radius 1 is 1.11 bits per heavy atom. The van der Waals surface area contributed by atoms with Gasteiger partial charge in [0.25, 0.3) is 0 Å². The van der Waals surface area contributed by atoms with E-state index in [0.717, 1.165) is 24.0 Å². The lowest BCUT2D eigenvalue weighted by atomic mass is 9.78. The molecule has 1 aliphatic rings. The summed E-state index contributed by atoms with van der Waals surface area (Å²) in [7, 11) is -4.00. The molecular weight excluding hydrogens is 502 g/mol. The summed E-state index contributed by atoms with van der Waals surface area (Å²) in [5, 5.41) is 9.23. The van der Waals surface area contributed by atoms with Gasteiger partial charge in [-0.3, -0.25) is 9.79 Å². The Morgan fingerprint density at radius 3 is 2.39 bits per heavy atom. The van der Waals surface area contributed by atoms with E-state index in [1.807, 2.05) is 36.4 Å². The number of hydrogen-bond acceptors (Lipinski definition) is 5. The number of piperidine rings is 1. The first kappa shape index (κ1) is 29.6. The van der Waals surface area contributed by atoms with Gasteiger partial charge >= 0.3 is 0 Å². The summed E-state index contributed by atoms with van der Waals surface area (Å²) >= 11 is 0. The summed E-state index contributed by atoms with van der Waals surface area (Å²) < 4.78 is 29.8. The first-order valence-electron chi connectivity index (χ1n) is 13.2. The van der Waals surface area contributed by atoms with Crippen molar-refractivity contribution in [2.24, 2.45) is 22.4 Å². The van der Waals surface area contributed by atoms with E-state index in [4.69, 9.17) is 11.5 Å². The van der Waals surface area contributed by atoms with Crippen molar-refractivity contribution < 1.29 is 18.3 Å². The summed E-state index contributed by atoms with van der Waals surface area (Å²) in [6.07, 6.45) is 3.00. The van der Waals surface area contributed by atoms with E-state index in [-0.39, 0.29) is 29.8 Å². The molecule has 1 amide bonds. The largest absolute Gasteiger partial charge is 0.396 e. The van der Waals surface area contributed by atoms with Crippen molar-refractivity contribution in [3.05, 3.63) is 65.7 Å². The van der Waals surface area contributed by atoms with Gasteiger partial charge in [-0.15, -0.1) is 0 Å². The van der Waals surface area contributed by atoms with Gasteiger partial charge in [0.2, 0.25) is 15.9 Å². The number of likely N-dealkylation sites (tertiary alicyclic amines) is 1. The van der Waals surface area contributed by atoms with Gasteiger partial charge in [0.15, 0.2) is 5.96 Å². The first-order chi connectivity index (χ1) is 18.0. The topological polar surface area (TPSA) is 151 Å². The molecule has 1 heterocycles. The molecule has 3 rings (SSSR count). The van der Waals surface area contributed by atoms with E-state index < -0.39 is 21.5 Å². The zero-order valence-corrected chi connectivity index (χ0v) is 23.2. The van der Waals surface area contributed by atoms with Crippen molar-refractivity contribution in [1.29, 1.82) is 0 Å². The van der Waals surface area contributed by atoms with Gasteiger partial charge in [-0.1, -0.05) is 56.3 Å². The molecule has 208 valence electrons. The van der Waals surface area contributed by atoms with Crippen molar-refractivity contribution in [3.63, 3.8) is 0 Å². The predicted octanol–water partition coefficient (Wildman–Crippen LogP) is 2.33. The summed E-state index contributed by atoms with van der Waals surface area (Å²) in [6, 6.07) is 15.9. The molecule has 2 aromatic rings. The minimum atomic E-state index is -4.00. The molecule has 0 spiro atoms. The molecular formula is C28H41N5O4S. The highest BCUT2D eigenvalue weighted by molar-refractivity contribution is 7.89. The van der Waals surface area contributed by atoms with Crippen molar-refractivity contribution in [3.8, 4) is 0 Å². The van der Waals surface area contributed by atoms with Gasteiger partial charge < -0.3 is 21.5 Å². The Morgan fingerprint density at radius 2 is 1.76 bits per heavy atom. The van der Waals surface area contributed by atoms with E-state index in [9.17, 15) is 18.3 Å². The SMILES string of the molecule is CC(C)(c1ccccc1)c1cccc(S(=O)(=O)NC(CCCN=C(N)N)C(=O)N2CCC(CCO)CC2)c1. The van der Waals surface area contributed by atoms with Crippen molar-refractivity contribution in [2.45, 2.75) is 62.3 Å². The van der Waals surface area contributed by atoms with E-state index in [2.05, 4.69) is 23.6 Å². The molecule has 6 N–H and O–H groups in total. The van der Waals surface area contributed by atoms with Crippen molar-refractivity contribution in [1.82, 2.24) is 9.62 Å². The number of nitrogens with zero attached hydrogens (tertiary/aromatic N) is 2. The minimum absolute atomic E-state index is 0.0442. The Labute approximate surface area is 226 Å². The number of aliphatic hydroxyl groups is 1. The number of aliphatic imine (C=N–C) groups is 1. The van der Waals surface area contributed by atoms with E-state index in [0.29, 0.717) is 38.4 Å². The Bertz CT molecular complexity index is 1190. The molecule has 1 aliphatic heterocycles. The molecule has 0 aromatic heterocycles. The number of benzene rings is 2. The van der Waals surface area contributed by atoms with Crippen LogP contribution in [0.1, 0.15) is 57.1 Å². The maximum Gasteiger partial charge on any atom is 0.241 e. The molecule has 0 radical (unpaired) electrons. The number of aliphatic hydroxyl groups excluding tert-OH is 1. The normalized spacial score (nSPS) is 15.7. The highest BCUT2D eigenvalue weighted by Gasteiger charge is 2.32. The monoisotopic (exact) mass is 543 g/mol. The molecule has 0 aliphatic carbocycles. The molecule has 38 heavy (non-hydrogen) atoms. The average molecular weight is 544 g/mol. The zero-order valence-electron chi connectivity index (χ0n) is 22.3. The van der Waals surface area contributed by atoms with Gasteiger partial charge in [-0.2, -0.15) is 4.72 Å². The van der Waals surface area contributed by atoms with E-state index >= 15 is 0 Å². The number of nitrogens with one attached hydrogen (secondary N) is 1. The van der Waals surface area contributed by atoms with Gasteiger partial charge in [0.05, 0.1) is 4.90 Å². The van der Waals surface area contributed by atoms with E-state index in [1.54, 1.807) is 23.1 Å². The summed E-state index contributed by atoms with van der Waals surface area (Å²) in [5.74, 6) is 0.0792. The maximum atomic E-state index is 13.5. The highest BCUT2D eigenvalue weighted by Crippen LogP contribution is 2.32. The second-order valence-corrected chi connectivity index (χ2v) is 12.1. The van der Waals surface area contributed by atoms with Gasteiger partial charge in [0.1, 0.15) is 6.04 Å². The fourth-order valence-corrected chi connectivity index (χ4v) is 6.18. The lowest BCUT2D eigenvalue weighted by molar-refractivity contribution is -0.134. The second kappa shape index (κ2) is 13.2. The third-order valence-corrected chi connectivity index (χ3v) is 8.84. The molecule has 1 unspecified atom stereocenters. The van der Waals surface area contributed by atoms with Crippen molar-refractivity contribution >= 4 is 21.9 Å². The van der Waals surface area contributed by atoms with Crippen LogP contribution in [0.4, 0.5) is 0 Å². The molecule has 0 saturated carbocycles. The number of carbonyl (C=O) groups is 1. The fraction of sp³-hybridized carbons (Fsp3) is 0.500. The number of rotatable bonds is 12. The number of carbonyl (C=O) groups excluding carboxylic acids is 1. The first-order valence-corrected chi connectivity index (χ1v) is 14.7. The van der Waals surface area contributed by atoms with Crippen LogP contribution in [0, 0.1) is 5.92 Å². The predicted molar refractivity (Wildman–Crippen MR) is 150 cm³/mol. The summed E-state index contributed by atoms with van der Waals surface area (Å²) in [4.78, 5) is 19.3. The molecule has 0 bridgehead atoms. The van der Waals surface area contributed by atoms with Gasteiger partial charge in [-0.05, 0) is 61.3 Å². The van der Waals surface area contributed by atoms with Crippen molar-refractivity contribution in [2.75, 3.05) is 26.2 Å². The lowest BCUT2D eigenvalue weighted by Gasteiger charge is -2.34. The number of sulfonamides is 1. The van der Waals surface area contributed by atoms with Crippen LogP contribution in [-0.2, 0) is 20.2 Å². The summed E-state index contributed by atoms with van der Waals surface area (Å²) in [6.45, 7) is 5.61. The number of amides is 1. The van der Waals surface area contributed by atoms with Crippen LogP contribution < -0.4 is 16.2 Å². The number of hydrogen-bond donors (Lipinski definition) is 4. The fourth-order valence-electron chi connectivity index (χ4n) is 4.91. The quantitative estimate of drug-likeness (QED) is 0.183. The van der Waals surface area contributed by atoms with Crippen LogP contribution >= 0.6 is 0 Å². The van der Waals surface area contributed by atoms with Crippen LogP contribution in [0.2, 0.25) is 0 Å². The average Bonchev–Trinajstić information content (AvgIpc) is 2.91. The molecule has 9 nitrogen and oxygen atoms in total. The second-order valence-electron chi connectivity index (χ2n) is 10.4.